The summed E-state index contributed by atoms with van der Waals surface area (Å²) in [5.74, 6) is 0.866. The summed E-state index contributed by atoms with van der Waals surface area (Å²) < 4.78 is 1.94. The quantitative estimate of drug-likeness (QED) is 0.662. The van der Waals surface area contributed by atoms with Crippen LogP contribution in [0.3, 0.4) is 0 Å². The van der Waals surface area contributed by atoms with Gasteiger partial charge in [0.05, 0.1) is 4.88 Å². The first-order chi connectivity index (χ1) is 7.74. The van der Waals surface area contributed by atoms with Crippen molar-refractivity contribution < 1.29 is 0 Å². The molecule has 0 N–H and O–H groups in total. The Morgan fingerprint density at radius 2 is 2.12 bits per heavy atom. The van der Waals surface area contributed by atoms with Crippen molar-refractivity contribution in [3.05, 3.63) is 40.4 Å². The Bertz CT molecular complexity index is 656. The lowest BCUT2D eigenvalue weighted by Gasteiger charge is -1.96. The highest BCUT2D eigenvalue weighted by molar-refractivity contribution is 7.15. The van der Waals surface area contributed by atoms with E-state index in [9.17, 15) is 0 Å². The van der Waals surface area contributed by atoms with Gasteiger partial charge in [-0.1, -0.05) is 11.6 Å². The molecule has 0 aliphatic heterocycles. The zero-order valence-corrected chi connectivity index (χ0v) is 10.1. The third kappa shape index (κ3) is 1.50. The number of aryl methyl sites for hydroxylation is 1. The van der Waals surface area contributed by atoms with E-state index in [1.165, 1.54) is 4.88 Å². The predicted molar refractivity (Wildman–Crippen MR) is 66.0 cm³/mol. The Labute approximate surface area is 101 Å². The van der Waals surface area contributed by atoms with Gasteiger partial charge in [-0.2, -0.15) is 0 Å². The minimum Gasteiger partial charge on any atom is -0.282 e. The van der Waals surface area contributed by atoms with Crippen molar-refractivity contribution >= 4 is 28.6 Å². The van der Waals surface area contributed by atoms with Crippen LogP contribution < -0.4 is 0 Å². The van der Waals surface area contributed by atoms with Gasteiger partial charge in [-0.25, -0.2) is 0 Å². The zero-order chi connectivity index (χ0) is 11.1. The number of rotatable bonds is 1. The fraction of sp³-hybridized carbons (Fsp3) is 0.0909. The monoisotopic (exact) mass is 249 g/mol. The van der Waals surface area contributed by atoms with E-state index in [1.54, 1.807) is 17.4 Å². The number of pyridine rings is 1. The van der Waals surface area contributed by atoms with E-state index in [2.05, 4.69) is 29.3 Å². The SMILES string of the molecule is Cc1ccc(-c2nnc3cc(Cl)ccn23)s1. The molecule has 0 saturated heterocycles. The fourth-order valence-corrected chi connectivity index (χ4v) is 2.59. The number of hydrogen-bond donors (Lipinski definition) is 0. The summed E-state index contributed by atoms with van der Waals surface area (Å²) in [7, 11) is 0. The lowest BCUT2D eigenvalue weighted by atomic mass is 10.4. The van der Waals surface area contributed by atoms with Crippen LogP contribution in [0, 0.1) is 6.92 Å². The van der Waals surface area contributed by atoms with Gasteiger partial charge < -0.3 is 0 Å². The molecule has 0 aromatic carbocycles. The Morgan fingerprint density at radius 3 is 2.88 bits per heavy atom. The van der Waals surface area contributed by atoms with Crippen molar-refractivity contribution in [3.8, 4) is 10.7 Å². The van der Waals surface area contributed by atoms with Gasteiger partial charge in [0.25, 0.3) is 0 Å². The van der Waals surface area contributed by atoms with Gasteiger partial charge in [0.15, 0.2) is 11.5 Å². The minimum atomic E-state index is 0.675. The third-order valence-corrected chi connectivity index (χ3v) is 3.56. The van der Waals surface area contributed by atoms with Crippen LogP contribution in [0.4, 0.5) is 0 Å². The summed E-state index contributed by atoms with van der Waals surface area (Å²) in [6.45, 7) is 2.08. The van der Waals surface area contributed by atoms with Crippen molar-refractivity contribution in [2.75, 3.05) is 0 Å². The molecule has 0 saturated carbocycles. The number of nitrogens with zero attached hydrogens (tertiary/aromatic N) is 3. The highest BCUT2D eigenvalue weighted by atomic mass is 35.5. The molecule has 3 nitrogen and oxygen atoms in total. The van der Waals surface area contributed by atoms with E-state index in [-0.39, 0.29) is 0 Å². The maximum atomic E-state index is 5.90. The number of thiophene rings is 1. The molecule has 3 heterocycles. The van der Waals surface area contributed by atoms with E-state index in [0.29, 0.717) is 5.02 Å². The maximum Gasteiger partial charge on any atom is 0.178 e. The second-order valence-electron chi connectivity index (χ2n) is 3.51. The van der Waals surface area contributed by atoms with Crippen molar-refractivity contribution in [2.45, 2.75) is 6.92 Å². The van der Waals surface area contributed by atoms with Crippen LogP contribution in [0.5, 0.6) is 0 Å². The Kier molecular flexibility index (Phi) is 2.19. The lowest BCUT2D eigenvalue weighted by Crippen LogP contribution is -1.86. The summed E-state index contributed by atoms with van der Waals surface area (Å²) in [4.78, 5) is 2.38. The lowest BCUT2D eigenvalue weighted by molar-refractivity contribution is 1.12. The van der Waals surface area contributed by atoms with Gasteiger partial charge in [-0.05, 0) is 25.1 Å². The third-order valence-electron chi connectivity index (χ3n) is 2.33. The van der Waals surface area contributed by atoms with Crippen LogP contribution in [0.15, 0.2) is 30.5 Å². The number of fused-ring (bicyclic) bond motifs is 1. The summed E-state index contributed by atoms with van der Waals surface area (Å²) in [6, 6.07) is 7.78. The summed E-state index contributed by atoms with van der Waals surface area (Å²) in [6.07, 6.45) is 1.89. The zero-order valence-electron chi connectivity index (χ0n) is 8.51. The molecule has 0 spiro atoms. The van der Waals surface area contributed by atoms with Crippen molar-refractivity contribution in [1.29, 1.82) is 0 Å². The molecule has 0 atom stereocenters. The van der Waals surface area contributed by atoms with Gasteiger partial charge in [0.1, 0.15) is 0 Å². The number of aromatic nitrogens is 3. The average molecular weight is 250 g/mol. The van der Waals surface area contributed by atoms with Gasteiger partial charge in [0, 0.05) is 22.2 Å². The molecular formula is C11H8ClN3S. The molecule has 3 aromatic rings. The first-order valence-electron chi connectivity index (χ1n) is 4.81. The van der Waals surface area contributed by atoms with Crippen LogP contribution in [-0.4, -0.2) is 14.6 Å². The predicted octanol–water partition coefficient (Wildman–Crippen LogP) is 3.42. The average Bonchev–Trinajstić information content (AvgIpc) is 2.83. The molecule has 3 rings (SSSR count). The second kappa shape index (κ2) is 3.57. The highest BCUT2D eigenvalue weighted by Gasteiger charge is 2.09. The number of hydrogen-bond acceptors (Lipinski definition) is 3. The van der Waals surface area contributed by atoms with Crippen LogP contribution in [0.2, 0.25) is 5.02 Å². The summed E-state index contributed by atoms with van der Waals surface area (Å²) in [5, 5.41) is 8.96. The number of halogens is 1. The fourth-order valence-electron chi connectivity index (χ4n) is 1.59. The van der Waals surface area contributed by atoms with Gasteiger partial charge >= 0.3 is 0 Å². The van der Waals surface area contributed by atoms with Crippen LogP contribution in [0.25, 0.3) is 16.3 Å². The molecular weight excluding hydrogens is 242 g/mol. The molecule has 0 unspecified atom stereocenters. The first-order valence-corrected chi connectivity index (χ1v) is 6.00. The van der Waals surface area contributed by atoms with Crippen molar-refractivity contribution in [3.63, 3.8) is 0 Å². The topological polar surface area (TPSA) is 30.2 Å². The largest absolute Gasteiger partial charge is 0.282 e. The smallest absolute Gasteiger partial charge is 0.178 e. The Hall–Kier alpha value is -1.39. The summed E-state index contributed by atoms with van der Waals surface area (Å²) >= 11 is 7.61. The van der Waals surface area contributed by atoms with Crippen LogP contribution in [0.1, 0.15) is 4.88 Å². The highest BCUT2D eigenvalue weighted by Crippen LogP contribution is 2.26. The van der Waals surface area contributed by atoms with E-state index < -0.39 is 0 Å². The van der Waals surface area contributed by atoms with Crippen LogP contribution in [-0.2, 0) is 0 Å². The molecule has 0 aliphatic rings. The minimum absolute atomic E-state index is 0.675. The standard InChI is InChI=1S/C11H8ClN3S/c1-7-2-3-9(16-7)11-14-13-10-6-8(12)4-5-15(10)11/h2-6H,1H3. The summed E-state index contributed by atoms with van der Waals surface area (Å²) in [5.41, 5.74) is 0.772. The molecule has 80 valence electrons. The van der Waals surface area contributed by atoms with Crippen molar-refractivity contribution in [2.24, 2.45) is 0 Å². The van der Waals surface area contributed by atoms with E-state index in [0.717, 1.165) is 16.3 Å². The maximum absolute atomic E-state index is 5.90. The Morgan fingerprint density at radius 1 is 1.25 bits per heavy atom. The van der Waals surface area contributed by atoms with Crippen LogP contribution >= 0.6 is 22.9 Å². The normalized spacial score (nSPS) is 11.1. The molecule has 0 bridgehead atoms. The van der Waals surface area contributed by atoms with Gasteiger partial charge in [-0.3, -0.25) is 4.40 Å². The molecule has 0 amide bonds. The van der Waals surface area contributed by atoms with Gasteiger partial charge in [0.2, 0.25) is 0 Å². The second-order valence-corrected chi connectivity index (χ2v) is 5.23. The molecule has 3 aromatic heterocycles. The van der Waals surface area contributed by atoms with E-state index in [4.69, 9.17) is 11.6 Å². The van der Waals surface area contributed by atoms with E-state index in [1.807, 2.05) is 16.7 Å². The molecule has 16 heavy (non-hydrogen) atoms. The van der Waals surface area contributed by atoms with Crippen molar-refractivity contribution in [1.82, 2.24) is 14.6 Å². The van der Waals surface area contributed by atoms with E-state index >= 15 is 0 Å². The molecule has 0 aliphatic carbocycles. The van der Waals surface area contributed by atoms with Gasteiger partial charge in [-0.15, -0.1) is 21.5 Å². The first kappa shape index (κ1) is 9.81. The molecule has 0 fully saturated rings. The Balaban J connectivity index is 2.25. The molecule has 5 heteroatoms. The molecule has 0 radical (unpaired) electrons.